The van der Waals surface area contributed by atoms with Crippen molar-refractivity contribution in [1.82, 2.24) is 5.32 Å². The number of nitrogens with two attached hydrogens (primary N) is 1. The van der Waals surface area contributed by atoms with E-state index in [-0.39, 0.29) is 0 Å². The fourth-order valence-corrected chi connectivity index (χ4v) is 0.363. The summed E-state index contributed by atoms with van der Waals surface area (Å²) in [6.45, 7) is 7.20. The van der Waals surface area contributed by atoms with Gasteiger partial charge in [0.05, 0.1) is 0 Å². The monoisotopic (exact) mass is 126 g/mol. The molecule has 0 radical (unpaired) electrons. The number of hydrogen-bond donors (Lipinski definition) is 2. The van der Waals surface area contributed by atoms with E-state index in [0.29, 0.717) is 6.54 Å². The number of rotatable bonds is 4. The number of hydrogen-bond acceptors (Lipinski definition) is 2. The van der Waals surface area contributed by atoms with Gasteiger partial charge in [0.2, 0.25) is 0 Å². The average molecular weight is 126 g/mol. The highest BCUT2D eigenvalue weighted by molar-refractivity contribution is 5.14. The van der Waals surface area contributed by atoms with Gasteiger partial charge in [0, 0.05) is 13.1 Å². The van der Waals surface area contributed by atoms with Crippen molar-refractivity contribution in [1.29, 1.82) is 0 Å². The van der Waals surface area contributed by atoms with Gasteiger partial charge in [-0.15, -0.1) is 0 Å². The zero-order valence-corrected chi connectivity index (χ0v) is 5.85. The van der Waals surface area contributed by atoms with E-state index in [0.717, 1.165) is 12.1 Å². The maximum atomic E-state index is 5.28. The Hall–Kier alpha value is -0.760. The summed E-state index contributed by atoms with van der Waals surface area (Å²) in [7, 11) is 0. The lowest BCUT2D eigenvalue weighted by molar-refractivity contribution is 0.917. The van der Waals surface area contributed by atoms with Gasteiger partial charge in [-0.2, -0.15) is 0 Å². The third-order valence-electron chi connectivity index (χ3n) is 0.903. The highest BCUT2D eigenvalue weighted by Crippen LogP contribution is 1.84. The Balaban J connectivity index is 3.32. The first kappa shape index (κ1) is 8.24. The standard InChI is InChI=1S/C7H14N2/c1-3-9-5-4-7(2)6-8/h4-5,9H,2-3,6,8H2,1H3/b5-4-. The first-order valence-electron chi connectivity index (χ1n) is 3.09. The summed E-state index contributed by atoms with van der Waals surface area (Å²) in [5, 5.41) is 3.02. The molecular formula is C7H14N2. The van der Waals surface area contributed by atoms with Gasteiger partial charge in [-0.3, -0.25) is 0 Å². The van der Waals surface area contributed by atoms with Crippen LogP contribution in [0.4, 0.5) is 0 Å². The molecule has 52 valence electrons. The van der Waals surface area contributed by atoms with E-state index in [4.69, 9.17) is 5.73 Å². The van der Waals surface area contributed by atoms with E-state index < -0.39 is 0 Å². The molecule has 0 unspecified atom stereocenters. The van der Waals surface area contributed by atoms with Gasteiger partial charge in [-0.25, -0.2) is 0 Å². The number of nitrogens with one attached hydrogen (secondary N) is 1. The Kier molecular flexibility index (Phi) is 4.92. The maximum Gasteiger partial charge on any atom is 0.0172 e. The van der Waals surface area contributed by atoms with Crippen LogP contribution in [0, 0.1) is 0 Å². The Morgan fingerprint density at radius 2 is 2.44 bits per heavy atom. The third-order valence-corrected chi connectivity index (χ3v) is 0.903. The summed E-state index contributed by atoms with van der Waals surface area (Å²) >= 11 is 0. The first-order valence-corrected chi connectivity index (χ1v) is 3.09. The van der Waals surface area contributed by atoms with E-state index in [2.05, 4.69) is 11.9 Å². The van der Waals surface area contributed by atoms with Crippen LogP contribution in [-0.2, 0) is 0 Å². The molecule has 3 N–H and O–H groups in total. The average Bonchev–Trinajstić information content (AvgIpc) is 1.89. The molecule has 0 bridgehead atoms. The van der Waals surface area contributed by atoms with Crippen molar-refractivity contribution in [2.24, 2.45) is 5.73 Å². The Morgan fingerprint density at radius 1 is 1.78 bits per heavy atom. The Bertz CT molecular complexity index is 105. The molecule has 0 saturated carbocycles. The summed E-state index contributed by atoms with van der Waals surface area (Å²) in [5.41, 5.74) is 6.22. The van der Waals surface area contributed by atoms with Crippen molar-refractivity contribution in [3.05, 3.63) is 24.4 Å². The smallest absolute Gasteiger partial charge is 0.0172 e. The molecule has 0 saturated heterocycles. The molecule has 0 fully saturated rings. The van der Waals surface area contributed by atoms with Crippen LogP contribution in [0.5, 0.6) is 0 Å². The fraction of sp³-hybridized carbons (Fsp3) is 0.429. The molecule has 0 aliphatic heterocycles. The summed E-state index contributed by atoms with van der Waals surface area (Å²) in [4.78, 5) is 0. The van der Waals surface area contributed by atoms with Crippen molar-refractivity contribution in [3.63, 3.8) is 0 Å². The highest BCUT2D eigenvalue weighted by atomic mass is 14.8. The lowest BCUT2D eigenvalue weighted by Gasteiger charge is -1.92. The van der Waals surface area contributed by atoms with Crippen LogP contribution in [0.2, 0.25) is 0 Å². The molecule has 0 aromatic heterocycles. The molecule has 0 atom stereocenters. The second-order valence-electron chi connectivity index (χ2n) is 1.75. The zero-order valence-electron chi connectivity index (χ0n) is 5.85. The molecule has 0 aliphatic rings. The Labute approximate surface area is 56.4 Å². The summed E-state index contributed by atoms with van der Waals surface area (Å²) in [6.07, 6.45) is 3.73. The van der Waals surface area contributed by atoms with E-state index in [1.807, 2.05) is 19.2 Å². The van der Waals surface area contributed by atoms with Gasteiger partial charge in [0.1, 0.15) is 0 Å². The maximum absolute atomic E-state index is 5.28. The molecule has 0 aromatic rings. The van der Waals surface area contributed by atoms with E-state index >= 15 is 0 Å². The lowest BCUT2D eigenvalue weighted by atomic mass is 10.3. The molecule has 0 amide bonds. The molecule has 0 rings (SSSR count). The normalized spacial score (nSPS) is 10.0. The zero-order chi connectivity index (χ0) is 7.11. The van der Waals surface area contributed by atoms with Gasteiger partial charge < -0.3 is 11.1 Å². The van der Waals surface area contributed by atoms with Crippen LogP contribution >= 0.6 is 0 Å². The third kappa shape index (κ3) is 5.11. The van der Waals surface area contributed by atoms with Gasteiger partial charge in [-0.05, 0) is 24.8 Å². The van der Waals surface area contributed by atoms with Crippen LogP contribution in [0.15, 0.2) is 24.4 Å². The first-order chi connectivity index (χ1) is 4.31. The minimum absolute atomic E-state index is 0.530. The van der Waals surface area contributed by atoms with Gasteiger partial charge in [0.15, 0.2) is 0 Å². The SMILES string of the molecule is C=C(/C=C\NCC)CN. The molecule has 0 spiro atoms. The van der Waals surface area contributed by atoms with Crippen molar-refractivity contribution in [2.75, 3.05) is 13.1 Å². The van der Waals surface area contributed by atoms with Crippen LogP contribution in [0.3, 0.4) is 0 Å². The van der Waals surface area contributed by atoms with Crippen LogP contribution in [0.1, 0.15) is 6.92 Å². The highest BCUT2D eigenvalue weighted by Gasteiger charge is 1.77. The van der Waals surface area contributed by atoms with Crippen molar-refractivity contribution >= 4 is 0 Å². The molecule has 9 heavy (non-hydrogen) atoms. The quantitative estimate of drug-likeness (QED) is 0.542. The summed E-state index contributed by atoms with van der Waals surface area (Å²) in [6, 6.07) is 0. The predicted molar refractivity (Wildman–Crippen MR) is 41.0 cm³/mol. The molecular weight excluding hydrogens is 112 g/mol. The largest absolute Gasteiger partial charge is 0.391 e. The summed E-state index contributed by atoms with van der Waals surface area (Å²) in [5.74, 6) is 0. The second-order valence-corrected chi connectivity index (χ2v) is 1.75. The van der Waals surface area contributed by atoms with E-state index in [9.17, 15) is 0 Å². The van der Waals surface area contributed by atoms with Crippen LogP contribution in [-0.4, -0.2) is 13.1 Å². The molecule has 2 heteroatoms. The van der Waals surface area contributed by atoms with Crippen molar-refractivity contribution in [2.45, 2.75) is 6.92 Å². The minimum Gasteiger partial charge on any atom is -0.391 e. The van der Waals surface area contributed by atoms with E-state index in [1.165, 1.54) is 0 Å². The van der Waals surface area contributed by atoms with Gasteiger partial charge >= 0.3 is 0 Å². The van der Waals surface area contributed by atoms with Crippen molar-refractivity contribution < 1.29 is 0 Å². The molecule has 0 heterocycles. The summed E-state index contributed by atoms with van der Waals surface area (Å²) < 4.78 is 0. The van der Waals surface area contributed by atoms with E-state index in [1.54, 1.807) is 0 Å². The van der Waals surface area contributed by atoms with Gasteiger partial charge in [0.25, 0.3) is 0 Å². The molecule has 0 aliphatic carbocycles. The Morgan fingerprint density at radius 3 is 2.89 bits per heavy atom. The second kappa shape index (κ2) is 5.38. The van der Waals surface area contributed by atoms with Crippen LogP contribution in [0.25, 0.3) is 0 Å². The topological polar surface area (TPSA) is 38.0 Å². The van der Waals surface area contributed by atoms with Crippen LogP contribution < -0.4 is 11.1 Å². The minimum atomic E-state index is 0.530. The molecule has 0 aromatic carbocycles. The predicted octanol–water partition coefficient (Wildman–Crippen LogP) is 0.624. The molecule has 2 nitrogen and oxygen atoms in total. The lowest BCUT2D eigenvalue weighted by Crippen LogP contribution is -2.04. The fourth-order valence-electron chi connectivity index (χ4n) is 0.363. The van der Waals surface area contributed by atoms with Gasteiger partial charge in [-0.1, -0.05) is 6.58 Å². The van der Waals surface area contributed by atoms with Crippen molar-refractivity contribution in [3.8, 4) is 0 Å².